The molecule has 106 valence electrons. The molecular formula is C15H31N3. The van der Waals surface area contributed by atoms with Crippen LogP contribution in [0.15, 0.2) is 4.99 Å². The highest BCUT2D eigenvalue weighted by atomic mass is 15.0. The molecule has 1 saturated carbocycles. The van der Waals surface area contributed by atoms with Gasteiger partial charge in [0.25, 0.3) is 0 Å². The third-order valence-electron chi connectivity index (χ3n) is 4.13. The zero-order valence-electron chi connectivity index (χ0n) is 12.3. The molecule has 1 aliphatic rings. The first-order valence-electron chi connectivity index (χ1n) is 7.58. The maximum atomic E-state index is 5.53. The van der Waals surface area contributed by atoms with Crippen LogP contribution in [-0.4, -0.2) is 12.0 Å². The normalized spacial score (nSPS) is 26.7. The first-order chi connectivity index (χ1) is 8.49. The Balaban J connectivity index is 2.54. The van der Waals surface area contributed by atoms with Crippen LogP contribution in [-0.2, 0) is 0 Å². The van der Waals surface area contributed by atoms with Crippen molar-refractivity contribution < 1.29 is 0 Å². The molecule has 18 heavy (non-hydrogen) atoms. The fraction of sp³-hybridized carbons (Fsp3) is 0.933. The van der Waals surface area contributed by atoms with Gasteiger partial charge in [0, 0.05) is 0 Å². The van der Waals surface area contributed by atoms with Crippen LogP contribution in [0.3, 0.4) is 0 Å². The summed E-state index contributed by atoms with van der Waals surface area (Å²) in [5.74, 6) is 0.255. The van der Waals surface area contributed by atoms with Crippen molar-refractivity contribution in [1.29, 1.82) is 0 Å². The van der Waals surface area contributed by atoms with E-state index in [1.807, 2.05) is 0 Å². The molecule has 3 nitrogen and oxygen atoms in total. The molecule has 1 rings (SSSR count). The SMILES string of the molecule is CC1(C)CCCCCCCCC(N=C(N)N)CC1. The smallest absolute Gasteiger partial charge is 0.186 e. The van der Waals surface area contributed by atoms with Gasteiger partial charge in [0.2, 0.25) is 0 Å². The number of hydrogen-bond acceptors (Lipinski definition) is 1. The van der Waals surface area contributed by atoms with Gasteiger partial charge in [0.15, 0.2) is 5.96 Å². The van der Waals surface area contributed by atoms with E-state index >= 15 is 0 Å². The van der Waals surface area contributed by atoms with Crippen LogP contribution in [0.4, 0.5) is 0 Å². The summed E-state index contributed by atoms with van der Waals surface area (Å²) < 4.78 is 0. The number of aliphatic imine (C=N–C) groups is 1. The van der Waals surface area contributed by atoms with E-state index in [0.717, 1.165) is 12.8 Å². The van der Waals surface area contributed by atoms with E-state index in [2.05, 4.69) is 18.8 Å². The Labute approximate surface area is 112 Å². The van der Waals surface area contributed by atoms with Crippen LogP contribution in [0.1, 0.15) is 78.1 Å². The molecule has 0 heterocycles. The Bertz CT molecular complexity index is 254. The lowest BCUT2D eigenvalue weighted by molar-refractivity contribution is 0.271. The van der Waals surface area contributed by atoms with Crippen LogP contribution in [0, 0.1) is 5.41 Å². The molecule has 0 aliphatic heterocycles. The van der Waals surface area contributed by atoms with Crippen LogP contribution in [0.25, 0.3) is 0 Å². The molecule has 0 radical (unpaired) electrons. The molecule has 0 aromatic rings. The van der Waals surface area contributed by atoms with Gasteiger partial charge in [-0.2, -0.15) is 0 Å². The number of nitrogens with two attached hydrogens (primary N) is 2. The Morgan fingerprint density at radius 3 is 2.17 bits per heavy atom. The quantitative estimate of drug-likeness (QED) is 0.554. The minimum atomic E-state index is 0.255. The van der Waals surface area contributed by atoms with Crippen molar-refractivity contribution in [1.82, 2.24) is 0 Å². The lowest BCUT2D eigenvalue weighted by atomic mass is 9.80. The second kappa shape index (κ2) is 7.65. The first kappa shape index (κ1) is 15.3. The van der Waals surface area contributed by atoms with E-state index in [9.17, 15) is 0 Å². The maximum absolute atomic E-state index is 5.53. The standard InChI is InChI=1S/C15H31N3/c1-15(2)11-8-6-4-3-5-7-9-13(10-12-15)18-14(16)17/h13H,3-12H2,1-2H3,(H4,16,17,18). The van der Waals surface area contributed by atoms with Crippen LogP contribution >= 0.6 is 0 Å². The van der Waals surface area contributed by atoms with Gasteiger partial charge < -0.3 is 11.5 Å². The maximum Gasteiger partial charge on any atom is 0.186 e. The van der Waals surface area contributed by atoms with Crippen LogP contribution in [0.2, 0.25) is 0 Å². The highest BCUT2D eigenvalue weighted by molar-refractivity contribution is 5.75. The largest absolute Gasteiger partial charge is 0.370 e. The molecule has 1 fully saturated rings. The van der Waals surface area contributed by atoms with Crippen molar-refractivity contribution >= 4 is 5.96 Å². The molecule has 0 spiro atoms. The van der Waals surface area contributed by atoms with Gasteiger partial charge in [-0.3, -0.25) is 4.99 Å². The minimum absolute atomic E-state index is 0.255. The summed E-state index contributed by atoms with van der Waals surface area (Å²) in [6, 6.07) is 0.341. The zero-order chi connectivity index (χ0) is 13.4. The second-order valence-electron chi connectivity index (χ2n) is 6.57. The van der Waals surface area contributed by atoms with E-state index in [1.54, 1.807) is 0 Å². The molecule has 0 amide bonds. The molecule has 0 bridgehead atoms. The summed E-state index contributed by atoms with van der Waals surface area (Å²) in [5, 5.41) is 0. The van der Waals surface area contributed by atoms with E-state index < -0.39 is 0 Å². The van der Waals surface area contributed by atoms with Gasteiger partial charge in [0.1, 0.15) is 0 Å². The molecular weight excluding hydrogens is 222 g/mol. The second-order valence-corrected chi connectivity index (χ2v) is 6.57. The highest BCUT2D eigenvalue weighted by Crippen LogP contribution is 2.31. The molecule has 0 aromatic heterocycles. The third kappa shape index (κ3) is 6.87. The topological polar surface area (TPSA) is 64.4 Å². The molecule has 1 unspecified atom stereocenters. The highest BCUT2D eigenvalue weighted by Gasteiger charge is 2.20. The summed E-state index contributed by atoms with van der Waals surface area (Å²) in [6.45, 7) is 4.76. The predicted molar refractivity (Wildman–Crippen MR) is 79.5 cm³/mol. The minimum Gasteiger partial charge on any atom is -0.370 e. The summed E-state index contributed by atoms with van der Waals surface area (Å²) in [5.41, 5.74) is 11.5. The van der Waals surface area contributed by atoms with Gasteiger partial charge >= 0.3 is 0 Å². The summed E-state index contributed by atoms with van der Waals surface area (Å²) >= 11 is 0. The van der Waals surface area contributed by atoms with Gasteiger partial charge in [-0.25, -0.2) is 0 Å². The van der Waals surface area contributed by atoms with Crippen LogP contribution in [0.5, 0.6) is 0 Å². The van der Waals surface area contributed by atoms with Crippen molar-refractivity contribution in [3.8, 4) is 0 Å². The van der Waals surface area contributed by atoms with Crippen LogP contribution < -0.4 is 11.5 Å². The first-order valence-corrected chi connectivity index (χ1v) is 7.58. The average Bonchev–Trinajstić information content (AvgIpc) is 2.27. The lowest BCUT2D eigenvalue weighted by Gasteiger charge is -2.27. The summed E-state index contributed by atoms with van der Waals surface area (Å²) in [7, 11) is 0. The van der Waals surface area contributed by atoms with Crippen molar-refractivity contribution in [2.75, 3.05) is 0 Å². The van der Waals surface area contributed by atoms with Crippen molar-refractivity contribution in [2.45, 2.75) is 84.1 Å². The molecule has 0 aromatic carbocycles. The number of hydrogen-bond donors (Lipinski definition) is 2. The van der Waals surface area contributed by atoms with Crippen molar-refractivity contribution in [3.05, 3.63) is 0 Å². The number of nitrogens with zero attached hydrogens (tertiary/aromatic N) is 1. The Morgan fingerprint density at radius 1 is 0.889 bits per heavy atom. The predicted octanol–water partition coefficient (Wildman–Crippen LogP) is 3.57. The lowest BCUT2D eigenvalue weighted by Crippen LogP contribution is -2.26. The van der Waals surface area contributed by atoms with E-state index in [0.29, 0.717) is 11.5 Å². The molecule has 1 aliphatic carbocycles. The molecule has 0 saturated heterocycles. The van der Waals surface area contributed by atoms with Gasteiger partial charge in [-0.05, 0) is 31.1 Å². The summed E-state index contributed by atoms with van der Waals surface area (Å²) in [4.78, 5) is 4.40. The molecule has 3 heteroatoms. The number of guanidine groups is 1. The molecule has 1 atom stereocenters. The summed E-state index contributed by atoms with van der Waals surface area (Å²) in [6.07, 6.45) is 13.0. The zero-order valence-corrected chi connectivity index (χ0v) is 12.3. The fourth-order valence-electron chi connectivity index (χ4n) is 2.86. The van der Waals surface area contributed by atoms with Gasteiger partial charge in [-0.15, -0.1) is 0 Å². The van der Waals surface area contributed by atoms with Crippen molar-refractivity contribution in [3.63, 3.8) is 0 Å². The third-order valence-corrected chi connectivity index (χ3v) is 4.13. The fourth-order valence-corrected chi connectivity index (χ4v) is 2.86. The Morgan fingerprint density at radius 2 is 1.50 bits per heavy atom. The van der Waals surface area contributed by atoms with Gasteiger partial charge in [-0.1, -0.05) is 52.4 Å². The number of rotatable bonds is 1. The monoisotopic (exact) mass is 253 g/mol. The van der Waals surface area contributed by atoms with E-state index in [-0.39, 0.29) is 5.96 Å². The average molecular weight is 253 g/mol. The van der Waals surface area contributed by atoms with Gasteiger partial charge in [0.05, 0.1) is 6.04 Å². The Kier molecular flexibility index (Phi) is 6.51. The Hall–Kier alpha value is -0.730. The van der Waals surface area contributed by atoms with Crippen molar-refractivity contribution in [2.24, 2.45) is 21.9 Å². The molecule has 4 N–H and O–H groups in total. The van der Waals surface area contributed by atoms with E-state index in [1.165, 1.54) is 51.4 Å². The van der Waals surface area contributed by atoms with E-state index in [4.69, 9.17) is 11.5 Å².